The summed E-state index contributed by atoms with van der Waals surface area (Å²) in [6, 6.07) is 3.33. The molecule has 0 radical (unpaired) electrons. The van der Waals surface area contributed by atoms with Crippen LogP contribution in [-0.4, -0.2) is 43.1 Å². The molecule has 0 saturated carbocycles. The molecule has 1 atom stereocenters. The lowest BCUT2D eigenvalue weighted by molar-refractivity contribution is -0.605. The van der Waals surface area contributed by atoms with Gasteiger partial charge in [-0.2, -0.15) is 4.73 Å². The van der Waals surface area contributed by atoms with Crippen molar-refractivity contribution in [3.63, 3.8) is 0 Å². The van der Waals surface area contributed by atoms with Crippen molar-refractivity contribution >= 4 is 11.9 Å². The molecule has 0 amide bonds. The van der Waals surface area contributed by atoms with Gasteiger partial charge in [-0.25, -0.2) is 9.59 Å². The number of pyridine rings is 1. The van der Waals surface area contributed by atoms with Gasteiger partial charge < -0.3 is 24.9 Å². The highest BCUT2D eigenvalue weighted by atomic mass is 16.5. The number of likely N-dealkylation sites (tertiary alicyclic amines) is 1. The molecule has 1 saturated heterocycles. The van der Waals surface area contributed by atoms with Gasteiger partial charge in [-0.15, -0.1) is 0 Å². The average Bonchev–Trinajstić information content (AvgIpc) is 3.22. The third-order valence-electron chi connectivity index (χ3n) is 5.09. The standard InChI is InChI=1S/C21H27N3O5/c1-4-28-20(25)16-14(3)22-19(23-10-6-7-11-23)18(21(26)29-5-2)17(16)15-9-8-12-24(27)13-15/h8-9,12-13,17,22H,4-7,10-11H2,1-3H3. The number of esters is 2. The van der Waals surface area contributed by atoms with E-state index < -0.39 is 17.9 Å². The van der Waals surface area contributed by atoms with E-state index in [0.717, 1.165) is 25.9 Å². The summed E-state index contributed by atoms with van der Waals surface area (Å²) in [6.45, 7) is 7.26. The van der Waals surface area contributed by atoms with E-state index in [4.69, 9.17) is 9.47 Å². The van der Waals surface area contributed by atoms with Crippen molar-refractivity contribution in [1.29, 1.82) is 0 Å². The number of rotatable bonds is 6. The van der Waals surface area contributed by atoms with Crippen molar-refractivity contribution in [2.24, 2.45) is 0 Å². The van der Waals surface area contributed by atoms with E-state index in [9.17, 15) is 14.8 Å². The van der Waals surface area contributed by atoms with Gasteiger partial charge >= 0.3 is 11.9 Å². The Morgan fingerprint density at radius 2 is 1.79 bits per heavy atom. The minimum atomic E-state index is -0.758. The number of allylic oxidation sites excluding steroid dienone is 1. The fourth-order valence-corrected chi connectivity index (χ4v) is 3.88. The lowest BCUT2D eigenvalue weighted by Gasteiger charge is -2.34. The SMILES string of the molecule is CCOC(=O)C1=C(C)NC(N2CCCC2)=C(C(=O)OCC)C1c1ccc[n+]([O-])c1. The lowest BCUT2D eigenvalue weighted by Crippen LogP contribution is -2.40. The molecular formula is C21H27N3O5. The number of carbonyl (C=O) groups excluding carboxylic acids is 2. The summed E-state index contributed by atoms with van der Waals surface area (Å²) in [4.78, 5) is 28.0. The zero-order valence-corrected chi connectivity index (χ0v) is 17.1. The molecule has 3 rings (SSSR count). The number of hydrogen-bond donors (Lipinski definition) is 1. The van der Waals surface area contributed by atoms with Crippen LogP contribution in [0.15, 0.2) is 47.2 Å². The van der Waals surface area contributed by atoms with Crippen molar-refractivity contribution in [3.05, 3.63) is 58.0 Å². The second-order valence-corrected chi connectivity index (χ2v) is 6.99. The minimum absolute atomic E-state index is 0.204. The molecule has 0 aromatic carbocycles. The van der Waals surface area contributed by atoms with Gasteiger partial charge in [0.25, 0.3) is 0 Å². The Hall–Kier alpha value is -3.03. The van der Waals surface area contributed by atoms with Crippen molar-refractivity contribution < 1.29 is 23.8 Å². The number of nitrogens with one attached hydrogen (secondary N) is 1. The summed E-state index contributed by atoms with van der Waals surface area (Å²) in [5.41, 5.74) is 1.77. The first-order valence-corrected chi connectivity index (χ1v) is 9.97. The second kappa shape index (κ2) is 8.98. The number of ether oxygens (including phenoxy) is 2. The van der Waals surface area contributed by atoms with Crippen LogP contribution >= 0.6 is 0 Å². The maximum Gasteiger partial charge on any atom is 0.338 e. The molecule has 8 nitrogen and oxygen atoms in total. The third kappa shape index (κ3) is 4.21. The van der Waals surface area contributed by atoms with Crippen molar-refractivity contribution in [2.45, 2.75) is 39.5 Å². The van der Waals surface area contributed by atoms with E-state index >= 15 is 0 Å². The highest BCUT2D eigenvalue weighted by Crippen LogP contribution is 2.40. The van der Waals surface area contributed by atoms with E-state index in [-0.39, 0.29) is 13.2 Å². The van der Waals surface area contributed by atoms with E-state index in [1.165, 1.54) is 12.4 Å². The van der Waals surface area contributed by atoms with E-state index in [1.54, 1.807) is 32.9 Å². The Morgan fingerprint density at radius 1 is 1.17 bits per heavy atom. The third-order valence-corrected chi connectivity index (χ3v) is 5.09. The first-order chi connectivity index (χ1) is 14.0. The minimum Gasteiger partial charge on any atom is -0.619 e. The fourth-order valence-electron chi connectivity index (χ4n) is 3.88. The molecule has 0 aliphatic carbocycles. The predicted octanol–water partition coefficient (Wildman–Crippen LogP) is 1.71. The molecule has 1 aromatic heterocycles. The Balaban J connectivity index is 2.21. The van der Waals surface area contributed by atoms with Gasteiger partial charge in [-0.3, -0.25) is 0 Å². The van der Waals surface area contributed by atoms with E-state index in [0.29, 0.717) is 33.0 Å². The summed E-state index contributed by atoms with van der Waals surface area (Å²) < 4.78 is 11.3. The molecule has 29 heavy (non-hydrogen) atoms. The van der Waals surface area contributed by atoms with Crippen LogP contribution in [-0.2, 0) is 19.1 Å². The quantitative estimate of drug-likeness (QED) is 0.440. The summed E-state index contributed by atoms with van der Waals surface area (Å²) >= 11 is 0. The number of nitrogens with zero attached hydrogens (tertiary/aromatic N) is 2. The van der Waals surface area contributed by atoms with Gasteiger partial charge in [0.2, 0.25) is 0 Å². The Kier molecular flexibility index (Phi) is 6.41. The first-order valence-electron chi connectivity index (χ1n) is 9.97. The van der Waals surface area contributed by atoms with Crippen LogP contribution in [0.3, 0.4) is 0 Å². The van der Waals surface area contributed by atoms with Crippen molar-refractivity contribution in [1.82, 2.24) is 10.2 Å². The normalized spacial score (nSPS) is 19.3. The molecule has 1 fully saturated rings. The van der Waals surface area contributed by atoms with Crippen molar-refractivity contribution in [2.75, 3.05) is 26.3 Å². The van der Waals surface area contributed by atoms with Crippen LogP contribution in [0.25, 0.3) is 0 Å². The molecule has 156 valence electrons. The zero-order chi connectivity index (χ0) is 21.0. The Labute approximate surface area is 170 Å². The maximum atomic E-state index is 13.1. The highest BCUT2D eigenvalue weighted by Gasteiger charge is 2.41. The van der Waals surface area contributed by atoms with Crippen LogP contribution in [0.1, 0.15) is 45.1 Å². The Bertz CT molecular complexity index is 856. The molecule has 3 heterocycles. The van der Waals surface area contributed by atoms with Crippen LogP contribution in [0, 0.1) is 5.21 Å². The number of dihydropyridines is 1. The topological polar surface area (TPSA) is 94.8 Å². The lowest BCUT2D eigenvalue weighted by atomic mass is 9.81. The highest BCUT2D eigenvalue weighted by molar-refractivity contribution is 5.99. The summed E-state index contributed by atoms with van der Waals surface area (Å²) in [7, 11) is 0. The van der Waals surface area contributed by atoms with Crippen LogP contribution in [0.2, 0.25) is 0 Å². The molecular weight excluding hydrogens is 374 g/mol. The summed E-state index contributed by atoms with van der Waals surface area (Å²) in [5, 5.41) is 15.2. The predicted molar refractivity (Wildman–Crippen MR) is 105 cm³/mol. The molecule has 1 aromatic rings. The average molecular weight is 401 g/mol. The number of aromatic nitrogens is 1. The van der Waals surface area contributed by atoms with Gasteiger partial charge in [-0.05, 0) is 39.7 Å². The molecule has 8 heteroatoms. The van der Waals surface area contributed by atoms with Gasteiger partial charge in [0.1, 0.15) is 5.82 Å². The van der Waals surface area contributed by atoms with Crippen molar-refractivity contribution in [3.8, 4) is 0 Å². The second-order valence-electron chi connectivity index (χ2n) is 6.99. The van der Waals surface area contributed by atoms with Gasteiger partial charge in [0.15, 0.2) is 12.4 Å². The van der Waals surface area contributed by atoms with Gasteiger partial charge in [-0.1, -0.05) is 0 Å². The van der Waals surface area contributed by atoms with E-state index in [1.807, 2.05) is 0 Å². The van der Waals surface area contributed by atoms with Crippen LogP contribution < -0.4 is 10.0 Å². The Morgan fingerprint density at radius 3 is 2.38 bits per heavy atom. The molecule has 1 N–H and O–H groups in total. The van der Waals surface area contributed by atoms with Gasteiger partial charge in [0.05, 0.1) is 30.3 Å². The zero-order valence-electron chi connectivity index (χ0n) is 17.1. The molecule has 2 aliphatic heterocycles. The summed E-state index contributed by atoms with van der Waals surface area (Å²) in [6.07, 6.45) is 4.78. The summed E-state index contributed by atoms with van der Waals surface area (Å²) in [5.74, 6) is -1.15. The fraction of sp³-hybridized carbons (Fsp3) is 0.476. The first kappa shape index (κ1) is 20.7. The molecule has 1 unspecified atom stereocenters. The smallest absolute Gasteiger partial charge is 0.338 e. The van der Waals surface area contributed by atoms with E-state index in [2.05, 4.69) is 10.2 Å². The maximum absolute atomic E-state index is 13.1. The number of carbonyl (C=O) groups is 2. The molecule has 2 aliphatic rings. The largest absolute Gasteiger partial charge is 0.619 e. The molecule has 0 spiro atoms. The van der Waals surface area contributed by atoms with Crippen LogP contribution in [0.4, 0.5) is 0 Å². The van der Waals surface area contributed by atoms with Crippen LogP contribution in [0.5, 0.6) is 0 Å². The monoisotopic (exact) mass is 401 g/mol. The van der Waals surface area contributed by atoms with Gasteiger partial charge in [0, 0.05) is 30.4 Å². The number of hydrogen-bond acceptors (Lipinski definition) is 7. The molecule has 0 bridgehead atoms.